The monoisotopic (exact) mass is 587 g/mol. The van der Waals surface area contributed by atoms with Crippen molar-refractivity contribution in [2.75, 3.05) is 32.8 Å². The normalized spacial score (nSPS) is 22.4. The van der Waals surface area contributed by atoms with E-state index in [1.54, 1.807) is 24.0 Å². The van der Waals surface area contributed by atoms with Crippen LogP contribution in [0, 0.1) is 23.2 Å². The minimum absolute atomic E-state index is 0.0254. The molecule has 0 saturated carbocycles. The van der Waals surface area contributed by atoms with Crippen LogP contribution in [-0.4, -0.2) is 80.9 Å². The van der Waals surface area contributed by atoms with Crippen LogP contribution < -0.4 is 4.74 Å². The van der Waals surface area contributed by atoms with E-state index in [0.717, 1.165) is 0 Å². The number of benzene rings is 1. The number of carbonyl (C=O) groups is 2. The molecule has 228 valence electrons. The summed E-state index contributed by atoms with van der Waals surface area (Å²) in [6, 6.07) is 9.25. The molecule has 2 heterocycles. The zero-order valence-corrected chi connectivity index (χ0v) is 27.4. The van der Waals surface area contributed by atoms with Crippen molar-refractivity contribution in [3.05, 3.63) is 29.8 Å². The fourth-order valence-corrected chi connectivity index (χ4v) is 6.41. The number of likely N-dealkylation sites (tertiary alicyclic amines) is 2. The van der Waals surface area contributed by atoms with Crippen LogP contribution in [0.1, 0.15) is 66.9 Å². The van der Waals surface area contributed by atoms with Gasteiger partial charge in [0.05, 0.1) is 18.2 Å². The first-order valence-electron chi connectivity index (χ1n) is 14.7. The molecule has 2 bridgehead atoms. The van der Waals surface area contributed by atoms with Crippen molar-refractivity contribution in [1.82, 2.24) is 9.80 Å². The van der Waals surface area contributed by atoms with Crippen LogP contribution in [0.15, 0.2) is 24.3 Å². The van der Waals surface area contributed by atoms with Gasteiger partial charge in [0.2, 0.25) is 0 Å². The average molecular weight is 588 g/mol. The predicted octanol–water partition coefficient (Wildman–Crippen LogP) is 5.80. The highest BCUT2D eigenvalue weighted by Gasteiger charge is 2.49. The lowest BCUT2D eigenvalue weighted by atomic mass is 9.81. The van der Waals surface area contributed by atoms with Gasteiger partial charge in [-0.3, -0.25) is 9.69 Å². The number of ether oxygens (including phenoxy) is 3. The Morgan fingerprint density at radius 1 is 1.02 bits per heavy atom. The molecule has 2 aliphatic heterocycles. The van der Waals surface area contributed by atoms with E-state index >= 15 is 0 Å². The van der Waals surface area contributed by atoms with Crippen LogP contribution in [0.5, 0.6) is 5.75 Å². The molecule has 41 heavy (non-hydrogen) atoms. The van der Waals surface area contributed by atoms with Crippen LogP contribution in [0.2, 0.25) is 18.1 Å². The zero-order valence-electron chi connectivity index (χ0n) is 26.4. The van der Waals surface area contributed by atoms with Crippen molar-refractivity contribution in [3.8, 4) is 11.8 Å². The van der Waals surface area contributed by atoms with Gasteiger partial charge >= 0.3 is 12.1 Å². The molecule has 3 atom stereocenters. The molecule has 2 saturated heterocycles. The second-order valence-electron chi connectivity index (χ2n) is 13.8. The second-order valence-corrected chi connectivity index (χ2v) is 18.5. The Bertz CT molecular complexity index is 1070. The van der Waals surface area contributed by atoms with E-state index in [2.05, 4.69) is 44.8 Å². The summed E-state index contributed by atoms with van der Waals surface area (Å²) in [4.78, 5) is 29.5. The lowest BCUT2D eigenvalue weighted by Gasteiger charge is -2.52. The molecule has 2 fully saturated rings. The summed E-state index contributed by atoms with van der Waals surface area (Å²) >= 11 is 0. The van der Waals surface area contributed by atoms with Crippen LogP contribution in [-0.2, 0) is 18.7 Å². The third-order valence-electron chi connectivity index (χ3n) is 8.25. The number of rotatable bonds is 9. The summed E-state index contributed by atoms with van der Waals surface area (Å²) in [6.07, 6.45) is 0.211. The number of piperidine rings is 2. The Morgan fingerprint density at radius 2 is 1.61 bits per heavy atom. The maximum Gasteiger partial charge on any atom is 0.410 e. The topological polar surface area (TPSA) is 101 Å². The Balaban J connectivity index is 1.80. The van der Waals surface area contributed by atoms with E-state index in [-0.39, 0.29) is 41.3 Å². The number of fused-ring (bicyclic) bond motifs is 2. The highest BCUT2D eigenvalue weighted by atomic mass is 28.4. The van der Waals surface area contributed by atoms with Gasteiger partial charge in [-0.25, -0.2) is 4.79 Å². The highest BCUT2D eigenvalue weighted by molar-refractivity contribution is 6.74. The highest BCUT2D eigenvalue weighted by Crippen LogP contribution is 2.40. The molecule has 1 amide bonds. The van der Waals surface area contributed by atoms with Crippen molar-refractivity contribution in [3.63, 3.8) is 0 Å². The lowest BCUT2D eigenvalue weighted by molar-refractivity contribution is -0.171. The number of esters is 1. The summed E-state index contributed by atoms with van der Waals surface area (Å²) in [5.74, 6) is 0.380. The molecule has 0 aromatic heterocycles. The first-order chi connectivity index (χ1) is 19.0. The smallest absolute Gasteiger partial charge is 0.410 e. The minimum Gasteiger partial charge on any atom is -0.493 e. The van der Waals surface area contributed by atoms with Crippen molar-refractivity contribution in [2.45, 2.75) is 97.4 Å². The van der Waals surface area contributed by atoms with Gasteiger partial charge < -0.3 is 23.5 Å². The van der Waals surface area contributed by atoms with E-state index in [0.29, 0.717) is 56.9 Å². The van der Waals surface area contributed by atoms with Gasteiger partial charge in [-0.05, 0) is 63.2 Å². The van der Waals surface area contributed by atoms with Gasteiger partial charge in [0.25, 0.3) is 0 Å². The van der Waals surface area contributed by atoms with Gasteiger partial charge in [-0.1, -0.05) is 27.7 Å². The molecular weight excluding hydrogens is 538 g/mol. The Morgan fingerprint density at radius 3 is 2.10 bits per heavy atom. The second kappa shape index (κ2) is 13.1. The summed E-state index contributed by atoms with van der Waals surface area (Å²) < 4.78 is 24.7. The third kappa shape index (κ3) is 8.93. The van der Waals surface area contributed by atoms with E-state index in [9.17, 15) is 9.59 Å². The quantitative estimate of drug-likeness (QED) is 0.264. The largest absolute Gasteiger partial charge is 0.493 e. The summed E-state index contributed by atoms with van der Waals surface area (Å²) in [7, 11) is -2.14. The van der Waals surface area contributed by atoms with Gasteiger partial charge in [0.1, 0.15) is 23.7 Å². The number of hydrogen-bond acceptors (Lipinski definition) is 8. The lowest BCUT2D eigenvalue weighted by Crippen LogP contribution is -2.65. The van der Waals surface area contributed by atoms with Crippen molar-refractivity contribution >= 4 is 20.4 Å². The fourth-order valence-electron chi connectivity index (χ4n) is 5.11. The number of carbonyl (C=O) groups excluding carboxylic acids is 2. The van der Waals surface area contributed by atoms with Crippen LogP contribution in [0.4, 0.5) is 4.79 Å². The number of hydrogen-bond donors (Lipinski definition) is 0. The molecule has 1 aromatic rings. The molecule has 2 aliphatic rings. The zero-order chi connectivity index (χ0) is 30.6. The molecule has 9 nitrogen and oxygen atoms in total. The van der Waals surface area contributed by atoms with Crippen molar-refractivity contribution in [2.24, 2.45) is 11.8 Å². The van der Waals surface area contributed by atoms with E-state index < -0.39 is 13.9 Å². The summed E-state index contributed by atoms with van der Waals surface area (Å²) in [5.41, 5.74) is 0.0101. The SMILES string of the molecule is CCC(=O)OC1C2CN(C(=O)OC(C)(C)C)CC1CN(C(CCOc1ccc(C#N)cc1)O[Si](C)(C)C(C)(C)C)C2. The van der Waals surface area contributed by atoms with Gasteiger partial charge in [-0.2, -0.15) is 5.26 Å². The first-order valence-corrected chi connectivity index (χ1v) is 17.7. The summed E-state index contributed by atoms with van der Waals surface area (Å²) in [6.45, 7) is 21.2. The molecule has 10 heteroatoms. The van der Waals surface area contributed by atoms with Crippen LogP contribution in [0.3, 0.4) is 0 Å². The molecular formula is C31H49N3O6Si. The standard InChI is InChI=1S/C31H49N3O6Si/c1-10-27(35)38-28-23-18-33(19-24(28)21-34(20-23)29(36)39-30(2,3)4)26(40-41(8,9)31(5,6)7)15-16-37-25-13-11-22(17-32)12-14-25/h11-14,23-24,26,28H,10,15-16,18-21H2,1-9H3. The van der Waals surface area contributed by atoms with Crippen LogP contribution in [0.25, 0.3) is 0 Å². The van der Waals surface area contributed by atoms with E-state index in [1.807, 2.05) is 32.9 Å². The molecule has 3 rings (SSSR count). The third-order valence-corrected chi connectivity index (χ3v) is 12.7. The molecule has 0 spiro atoms. The molecule has 3 unspecified atom stereocenters. The maximum absolute atomic E-state index is 13.0. The Hall–Kier alpha value is -2.61. The molecule has 0 N–H and O–H groups in total. The Kier molecular flexibility index (Phi) is 10.5. The molecule has 1 aromatic carbocycles. The van der Waals surface area contributed by atoms with Crippen molar-refractivity contribution < 1.29 is 28.2 Å². The molecule has 0 aliphatic carbocycles. The van der Waals surface area contributed by atoms with Crippen molar-refractivity contribution in [1.29, 1.82) is 5.26 Å². The van der Waals surface area contributed by atoms with Gasteiger partial charge in [-0.15, -0.1) is 0 Å². The summed E-state index contributed by atoms with van der Waals surface area (Å²) in [5, 5.41) is 9.10. The first kappa shape index (κ1) is 32.9. The number of nitrogens with zero attached hydrogens (tertiary/aromatic N) is 3. The van der Waals surface area contributed by atoms with E-state index in [1.165, 1.54) is 0 Å². The van der Waals surface area contributed by atoms with E-state index in [4.69, 9.17) is 23.9 Å². The molecule has 0 radical (unpaired) electrons. The van der Waals surface area contributed by atoms with Gasteiger partial charge in [0, 0.05) is 50.9 Å². The minimum atomic E-state index is -2.14. The van der Waals surface area contributed by atoms with Crippen LogP contribution >= 0.6 is 0 Å². The predicted molar refractivity (Wildman–Crippen MR) is 160 cm³/mol. The average Bonchev–Trinajstić information content (AvgIpc) is 2.86. The maximum atomic E-state index is 13.0. The fraction of sp³-hybridized carbons (Fsp3) is 0.710. The van der Waals surface area contributed by atoms with Gasteiger partial charge in [0.15, 0.2) is 8.32 Å². The number of nitriles is 1. The number of amides is 1. The Labute approximate surface area is 247 Å².